The molecule has 1 amide bonds. The molecule has 2 heterocycles. The van der Waals surface area contributed by atoms with E-state index < -0.39 is 0 Å². The molecule has 0 aliphatic carbocycles. The number of amides is 1. The second-order valence-corrected chi connectivity index (χ2v) is 6.98. The van der Waals surface area contributed by atoms with E-state index in [2.05, 4.69) is 22.0 Å². The molecule has 1 aromatic carbocycles. The van der Waals surface area contributed by atoms with E-state index in [9.17, 15) is 4.79 Å². The lowest BCUT2D eigenvalue weighted by Gasteiger charge is -2.35. The highest BCUT2D eigenvalue weighted by Gasteiger charge is 2.26. The van der Waals surface area contributed by atoms with Crippen molar-refractivity contribution in [1.82, 2.24) is 19.4 Å². The maximum Gasteiger partial charge on any atom is 0.223 e. The standard InChI is InChI=1S/C20H28N4O3/c1-22(2)20(25)13-18-15-26-11-10-24(18)14-17-3-5-19(6-4-17)27-12-9-23-8-7-21-16-23/h3-8,16,18H,9-15H2,1-2H3/t18-/m0/s1. The van der Waals surface area contributed by atoms with Crippen LogP contribution >= 0.6 is 0 Å². The summed E-state index contributed by atoms with van der Waals surface area (Å²) in [5, 5.41) is 0. The molecule has 0 unspecified atom stereocenters. The summed E-state index contributed by atoms with van der Waals surface area (Å²) in [5.74, 6) is 0.998. The van der Waals surface area contributed by atoms with Crippen LogP contribution in [0.3, 0.4) is 0 Å². The Balaban J connectivity index is 1.50. The fourth-order valence-electron chi connectivity index (χ4n) is 3.08. The third-order valence-corrected chi connectivity index (χ3v) is 4.74. The molecular weight excluding hydrogens is 344 g/mol. The van der Waals surface area contributed by atoms with Crippen LogP contribution in [0.1, 0.15) is 12.0 Å². The average molecular weight is 372 g/mol. The van der Waals surface area contributed by atoms with E-state index in [0.29, 0.717) is 26.2 Å². The first-order valence-electron chi connectivity index (χ1n) is 9.31. The van der Waals surface area contributed by atoms with Crippen LogP contribution in [0.5, 0.6) is 5.75 Å². The molecule has 1 aromatic heterocycles. The third-order valence-electron chi connectivity index (χ3n) is 4.74. The van der Waals surface area contributed by atoms with Crippen molar-refractivity contribution >= 4 is 5.91 Å². The van der Waals surface area contributed by atoms with E-state index in [4.69, 9.17) is 9.47 Å². The number of carbonyl (C=O) groups excluding carboxylic acids is 1. The zero-order valence-corrected chi connectivity index (χ0v) is 16.1. The fourth-order valence-corrected chi connectivity index (χ4v) is 3.08. The quantitative estimate of drug-likeness (QED) is 0.705. The maximum absolute atomic E-state index is 12.1. The number of hydrogen-bond donors (Lipinski definition) is 0. The second-order valence-electron chi connectivity index (χ2n) is 6.98. The Morgan fingerprint density at radius 1 is 1.33 bits per heavy atom. The molecule has 2 aromatic rings. The van der Waals surface area contributed by atoms with Crippen molar-refractivity contribution in [2.75, 3.05) is 40.5 Å². The summed E-state index contributed by atoms with van der Waals surface area (Å²) in [5.41, 5.74) is 1.21. The van der Waals surface area contributed by atoms with Crippen molar-refractivity contribution in [2.45, 2.75) is 25.6 Å². The van der Waals surface area contributed by atoms with Crippen molar-refractivity contribution in [3.63, 3.8) is 0 Å². The van der Waals surface area contributed by atoms with Gasteiger partial charge in [-0.15, -0.1) is 0 Å². The first kappa shape index (κ1) is 19.4. The Bertz CT molecular complexity index is 701. The monoisotopic (exact) mass is 372 g/mol. The molecule has 0 radical (unpaired) electrons. The molecular formula is C20H28N4O3. The molecule has 27 heavy (non-hydrogen) atoms. The van der Waals surface area contributed by atoms with Gasteiger partial charge in [-0.25, -0.2) is 4.98 Å². The van der Waals surface area contributed by atoms with E-state index in [-0.39, 0.29) is 11.9 Å². The molecule has 1 aliphatic rings. The summed E-state index contributed by atoms with van der Waals surface area (Å²) in [6.45, 7) is 4.35. The maximum atomic E-state index is 12.1. The lowest BCUT2D eigenvalue weighted by Crippen LogP contribution is -2.47. The van der Waals surface area contributed by atoms with E-state index in [1.807, 2.05) is 22.9 Å². The summed E-state index contributed by atoms with van der Waals surface area (Å²) in [6.07, 6.45) is 5.96. The van der Waals surface area contributed by atoms with E-state index in [1.54, 1.807) is 31.5 Å². The number of nitrogens with zero attached hydrogens (tertiary/aromatic N) is 4. The Hall–Kier alpha value is -2.38. The first-order chi connectivity index (χ1) is 13.1. The van der Waals surface area contributed by atoms with Crippen LogP contribution in [-0.4, -0.2) is 71.8 Å². The highest BCUT2D eigenvalue weighted by molar-refractivity contribution is 5.76. The van der Waals surface area contributed by atoms with Gasteiger partial charge in [0.2, 0.25) is 5.91 Å². The molecule has 0 N–H and O–H groups in total. The zero-order valence-electron chi connectivity index (χ0n) is 16.1. The van der Waals surface area contributed by atoms with Crippen molar-refractivity contribution < 1.29 is 14.3 Å². The largest absolute Gasteiger partial charge is 0.492 e. The minimum atomic E-state index is 0.125. The Kier molecular flexibility index (Phi) is 6.84. The molecule has 0 spiro atoms. The second kappa shape index (κ2) is 9.53. The highest BCUT2D eigenvalue weighted by Crippen LogP contribution is 2.18. The number of imidazole rings is 1. The van der Waals surface area contributed by atoms with Crippen LogP contribution in [0.25, 0.3) is 0 Å². The predicted molar refractivity (Wildman–Crippen MR) is 102 cm³/mol. The van der Waals surface area contributed by atoms with E-state index in [1.165, 1.54) is 5.56 Å². The Labute approximate surface area is 160 Å². The molecule has 0 bridgehead atoms. The summed E-state index contributed by atoms with van der Waals surface area (Å²) in [6, 6.07) is 8.31. The van der Waals surface area contributed by atoms with Gasteiger partial charge in [-0.3, -0.25) is 9.69 Å². The van der Waals surface area contributed by atoms with Crippen molar-refractivity contribution in [3.8, 4) is 5.75 Å². The van der Waals surface area contributed by atoms with Gasteiger partial charge in [-0.2, -0.15) is 0 Å². The summed E-state index contributed by atoms with van der Waals surface area (Å²) >= 11 is 0. The lowest BCUT2D eigenvalue weighted by molar-refractivity contribution is -0.132. The molecule has 7 nitrogen and oxygen atoms in total. The summed E-state index contributed by atoms with van der Waals surface area (Å²) in [4.78, 5) is 20.1. The molecule has 146 valence electrons. The van der Waals surface area contributed by atoms with Crippen LogP contribution < -0.4 is 4.74 Å². The van der Waals surface area contributed by atoms with E-state index in [0.717, 1.165) is 25.4 Å². The van der Waals surface area contributed by atoms with Crippen molar-refractivity contribution in [3.05, 3.63) is 48.5 Å². The number of morpholine rings is 1. The normalized spacial score (nSPS) is 17.6. The predicted octanol–water partition coefficient (Wildman–Crippen LogP) is 1.64. The van der Waals surface area contributed by atoms with Gasteiger partial charge in [-0.1, -0.05) is 12.1 Å². The molecule has 1 atom stereocenters. The van der Waals surface area contributed by atoms with E-state index >= 15 is 0 Å². The van der Waals surface area contributed by atoms with Crippen LogP contribution in [-0.2, 0) is 22.6 Å². The minimum Gasteiger partial charge on any atom is -0.492 e. The molecule has 0 saturated carbocycles. The number of aromatic nitrogens is 2. The molecule has 3 rings (SSSR count). The number of benzene rings is 1. The van der Waals surface area contributed by atoms with Gasteiger partial charge in [0.05, 0.1) is 26.1 Å². The van der Waals surface area contributed by atoms with Gasteiger partial charge < -0.3 is 18.9 Å². The first-order valence-corrected chi connectivity index (χ1v) is 9.31. The van der Waals surface area contributed by atoms with Crippen LogP contribution in [0.15, 0.2) is 43.0 Å². The van der Waals surface area contributed by atoms with Gasteiger partial charge in [0.15, 0.2) is 0 Å². The fraction of sp³-hybridized carbons (Fsp3) is 0.500. The topological polar surface area (TPSA) is 59.8 Å². The highest BCUT2D eigenvalue weighted by atomic mass is 16.5. The molecule has 1 fully saturated rings. The van der Waals surface area contributed by atoms with Crippen LogP contribution in [0.4, 0.5) is 0 Å². The van der Waals surface area contributed by atoms with Gasteiger partial charge in [0.25, 0.3) is 0 Å². The van der Waals surface area contributed by atoms with Crippen LogP contribution in [0.2, 0.25) is 0 Å². The number of hydrogen-bond acceptors (Lipinski definition) is 5. The minimum absolute atomic E-state index is 0.125. The Morgan fingerprint density at radius 3 is 2.85 bits per heavy atom. The summed E-state index contributed by atoms with van der Waals surface area (Å²) in [7, 11) is 3.59. The van der Waals surface area contributed by atoms with Crippen LogP contribution in [0, 0.1) is 0 Å². The Morgan fingerprint density at radius 2 is 2.15 bits per heavy atom. The molecule has 1 aliphatic heterocycles. The third kappa shape index (κ3) is 5.80. The van der Waals surface area contributed by atoms with Gasteiger partial charge >= 0.3 is 0 Å². The number of ether oxygens (including phenoxy) is 2. The SMILES string of the molecule is CN(C)C(=O)C[C@H]1COCCN1Cc1ccc(OCCn2ccnc2)cc1. The summed E-state index contributed by atoms with van der Waals surface area (Å²) < 4.78 is 13.4. The smallest absolute Gasteiger partial charge is 0.223 e. The number of carbonyl (C=O) groups is 1. The van der Waals surface area contributed by atoms with Crippen molar-refractivity contribution in [2.24, 2.45) is 0 Å². The van der Waals surface area contributed by atoms with Crippen molar-refractivity contribution in [1.29, 1.82) is 0 Å². The number of rotatable bonds is 8. The van der Waals surface area contributed by atoms with Gasteiger partial charge in [0.1, 0.15) is 12.4 Å². The van der Waals surface area contributed by atoms with Gasteiger partial charge in [0, 0.05) is 52.0 Å². The molecule has 7 heteroatoms. The molecule has 1 saturated heterocycles. The lowest BCUT2D eigenvalue weighted by atomic mass is 10.1. The average Bonchev–Trinajstić information content (AvgIpc) is 3.18. The zero-order chi connectivity index (χ0) is 19.1. The van der Waals surface area contributed by atoms with Gasteiger partial charge in [-0.05, 0) is 17.7 Å².